The van der Waals surface area contributed by atoms with Crippen LogP contribution in [0.1, 0.15) is 0 Å². The second-order valence-electron chi connectivity index (χ2n) is 1.93. The second-order valence-corrected chi connectivity index (χ2v) is 4.17. The van der Waals surface area contributed by atoms with Crippen molar-refractivity contribution in [2.45, 2.75) is 5.03 Å². The summed E-state index contributed by atoms with van der Waals surface area (Å²) >= 11 is 3.98. The molecule has 0 atom stereocenters. The first-order chi connectivity index (χ1) is 5.34. The fourth-order valence-electron chi connectivity index (χ4n) is 0.633. The van der Waals surface area contributed by atoms with Gasteiger partial charge >= 0.3 is 0 Å². The topological polar surface area (TPSA) is 38.9 Å². The van der Waals surface area contributed by atoms with E-state index < -0.39 is 0 Å². The van der Waals surface area contributed by atoms with Crippen molar-refractivity contribution in [3.63, 3.8) is 0 Å². The zero-order chi connectivity index (χ0) is 8.10. The van der Waals surface area contributed by atoms with E-state index in [4.69, 9.17) is 5.73 Å². The lowest BCUT2D eigenvalue weighted by atomic mass is 10.5. The summed E-state index contributed by atoms with van der Waals surface area (Å²) in [5.74, 6) is 0.938. The van der Waals surface area contributed by atoms with Crippen molar-refractivity contribution < 1.29 is 0 Å². The van der Waals surface area contributed by atoms with Crippen LogP contribution in [-0.4, -0.2) is 17.3 Å². The van der Waals surface area contributed by atoms with E-state index in [2.05, 4.69) is 27.6 Å². The molecule has 1 aromatic rings. The third-order valence-corrected chi connectivity index (χ3v) is 3.36. The zero-order valence-electron chi connectivity index (χ0n) is 5.96. The Bertz CT molecular complexity index is 229. The van der Waals surface area contributed by atoms with Crippen LogP contribution in [-0.2, 0) is 0 Å². The van der Waals surface area contributed by atoms with Gasteiger partial charge in [-0.25, -0.2) is 4.98 Å². The summed E-state index contributed by atoms with van der Waals surface area (Å²) in [7, 11) is 0. The Labute approximate surface area is 84.1 Å². The molecule has 0 bridgehead atoms. The van der Waals surface area contributed by atoms with Crippen LogP contribution in [0.3, 0.4) is 0 Å². The van der Waals surface area contributed by atoms with Crippen molar-refractivity contribution in [1.29, 1.82) is 0 Å². The largest absolute Gasteiger partial charge is 0.330 e. The number of thioether (sulfide) groups is 1. The van der Waals surface area contributed by atoms with Crippen molar-refractivity contribution in [2.24, 2.45) is 5.73 Å². The van der Waals surface area contributed by atoms with E-state index in [1.54, 1.807) is 18.0 Å². The molecule has 0 amide bonds. The Morgan fingerprint density at radius 2 is 2.45 bits per heavy atom. The van der Waals surface area contributed by atoms with Crippen molar-refractivity contribution >= 4 is 34.4 Å². The van der Waals surface area contributed by atoms with E-state index in [1.807, 2.05) is 12.1 Å². The Morgan fingerprint density at radius 1 is 1.64 bits per heavy atom. The number of pyridine rings is 1. The van der Waals surface area contributed by atoms with Gasteiger partial charge in [-0.2, -0.15) is 0 Å². The van der Waals surface area contributed by atoms with Gasteiger partial charge in [-0.05, 0) is 34.7 Å². The van der Waals surface area contributed by atoms with Crippen molar-refractivity contribution in [1.82, 2.24) is 4.98 Å². The van der Waals surface area contributed by atoms with E-state index in [1.165, 1.54) is 3.57 Å². The summed E-state index contributed by atoms with van der Waals surface area (Å²) in [6.45, 7) is 0.706. The Hall–Kier alpha value is 0.190. The molecule has 1 rings (SSSR count). The average Bonchev–Trinajstić information content (AvgIpc) is 2.03. The zero-order valence-corrected chi connectivity index (χ0v) is 8.93. The molecule has 0 unspecified atom stereocenters. The molecule has 2 nitrogen and oxygen atoms in total. The van der Waals surface area contributed by atoms with Gasteiger partial charge in [0, 0.05) is 22.1 Å². The maximum Gasteiger partial charge on any atom is 0.109 e. The molecule has 4 heteroatoms. The molecular formula is C7H9IN2S. The molecule has 1 aromatic heterocycles. The maximum atomic E-state index is 5.38. The van der Waals surface area contributed by atoms with Crippen LogP contribution in [0.25, 0.3) is 0 Å². The number of hydrogen-bond acceptors (Lipinski definition) is 3. The SMILES string of the molecule is NCCSc1ncccc1I. The number of aromatic nitrogens is 1. The van der Waals surface area contributed by atoms with Gasteiger partial charge < -0.3 is 5.73 Å². The van der Waals surface area contributed by atoms with Crippen LogP contribution in [0.2, 0.25) is 0 Å². The molecule has 0 fully saturated rings. The van der Waals surface area contributed by atoms with Crippen molar-refractivity contribution in [3.8, 4) is 0 Å². The van der Waals surface area contributed by atoms with Crippen molar-refractivity contribution in [3.05, 3.63) is 21.9 Å². The van der Waals surface area contributed by atoms with Crippen LogP contribution >= 0.6 is 34.4 Å². The quantitative estimate of drug-likeness (QED) is 0.677. The number of rotatable bonds is 3. The van der Waals surface area contributed by atoms with Gasteiger partial charge in [0.25, 0.3) is 0 Å². The van der Waals surface area contributed by atoms with Gasteiger partial charge in [-0.1, -0.05) is 0 Å². The van der Waals surface area contributed by atoms with E-state index in [-0.39, 0.29) is 0 Å². The van der Waals surface area contributed by atoms with Gasteiger partial charge in [-0.3, -0.25) is 0 Å². The molecule has 0 radical (unpaired) electrons. The molecular weight excluding hydrogens is 271 g/mol. The summed E-state index contributed by atoms with van der Waals surface area (Å²) in [6, 6.07) is 3.99. The van der Waals surface area contributed by atoms with Gasteiger partial charge in [0.2, 0.25) is 0 Å². The Morgan fingerprint density at radius 3 is 3.09 bits per heavy atom. The first kappa shape index (κ1) is 9.28. The number of nitrogens with zero attached hydrogens (tertiary/aromatic N) is 1. The minimum absolute atomic E-state index is 0.706. The third-order valence-electron chi connectivity index (χ3n) is 1.08. The van der Waals surface area contributed by atoms with Crippen LogP contribution in [0.15, 0.2) is 23.4 Å². The first-order valence-corrected chi connectivity index (χ1v) is 5.34. The third kappa shape index (κ3) is 2.96. The van der Waals surface area contributed by atoms with E-state index in [9.17, 15) is 0 Å². The molecule has 0 saturated heterocycles. The number of halogens is 1. The van der Waals surface area contributed by atoms with Gasteiger partial charge in [0.05, 0.1) is 0 Å². The molecule has 11 heavy (non-hydrogen) atoms. The summed E-state index contributed by atoms with van der Waals surface area (Å²) in [5, 5.41) is 1.08. The summed E-state index contributed by atoms with van der Waals surface area (Å²) in [6.07, 6.45) is 1.81. The van der Waals surface area contributed by atoms with E-state index in [0.717, 1.165) is 10.8 Å². The highest BCUT2D eigenvalue weighted by molar-refractivity contribution is 14.1. The Balaban J connectivity index is 2.62. The molecule has 1 heterocycles. The Kier molecular flexibility index (Phi) is 4.17. The smallest absolute Gasteiger partial charge is 0.109 e. The molecule has 0 aliphatic carbocycles. The number of hydrogen-bond donors (Lipinski definition) is 1. The minimum atomic E-state index is 0.706. The highest BCUT2D eigenvalue weighted by Gasteiger charge is 1.98. The molecule has 0 saturated carbocycles. The predicted octanol–water partition coefficient (Wildman–Crippen LogP) is 1.74. The first-order valence-electron chi connectivity index (χ1n) is 3.28. The van der Waals surface area contributed by atoms with Crippen LogP contribution in [0.5, 0.6) is 0 Å². The van der Waals surface area contributed by atoms with Crippen molar-refractivity contribution in [2.75, 3.05) is 12.3 Å². The predicted molar refractivity (Wildman–Crippen MR) is 56.7 cm³/mol. The highest BCUT2D eigenvalue weighted by Crippen LogP contribution is 2.20. The molecule has 0 aliphatic heterocycles. The van der Waals surface area contributed by atoms with Gasteiger partial charge in [0.1, 0.15) is 5.03 Å². The molecule has 60 valence electrons. The lowest BCUT2D eigenvalue weighted by Crippen LogP contribution is -2.01. The fraction of sp³-hybridized carbons (Fsp3) is 0.286. The lowest BCUT2D eigenvalue weighted by molar-refractivity contribution is 1.09. The van der Waals surface area contributed by atoms with Gasteiger partial charge in [0.15, 0.2) is 0 Å². The average molecular weight is 280 g/mol. The molecule has 2 N–H and O–H groups in total. The summed E-state index contributed by atoms with van der Waals surface area (Å²) in [5.41, 5.74) is 5.38. The second kappa shape index (κ2) is 4.95. The van der Waals surface area contributed by atoms with Crippen LogP contribution < -0.4 is 5.73 Å². The molecule has 0 spiro atoms. The standard InChI is InChI=1S/C7H9IN2S/c8-6-2-1-4-10-7(6)11-5-3-9/h1-2,4H,3,5,9H2. The van der Waals surface area contributed by atoms with Crippen LogP contribution in [0, 0.1) is 3.57 Å². The van der Waals surface area contributed by atoms with Crippen LogP contribution in [0.4, 0.5) is 0 Å². The maximum absolute atomic E-state index is 5.38. The van der Waals surface area contributed by atoms with Gasteiger partial charge in [-0.15, -0.1) is 11.8 Å². The fourth-order valence-corrected chi connectivity index (χ4v) is 2.10. The summed E-state index contributed by atoms with van der Waals surface area (Å²) < 4.78 is 1.20. The minimum Gasteiger partial charge on any atom is -0.330 e. The molecule has 0 aromatic carbocycles. The molecule has 0 aliphatic rings. The monoisotopic (exact) mass is 280 g/mol. The number of nitrogens with two attached hydrogens (primary N) is 1. The lowest BCUT2D eigenvalue weighted by Gasteiger charge is -1.99. The van der Waals surface area contributed by atoms with E-state index >= 15 is 0 Å². The highest BCUT2D eigenvalue weighted by atomic mass is 127. The summed E-state index contributed by atoms with van der Waals surface area (Å²) in [4.78, 5) is 4.22. The van der Waals surface area contributed by atoms with E-state index in [0.29, 0.717) is 6.54 Å². The normalized spacial score (nSPS) is 10.0.